The molecule has 0 radical (unpaired) electrons. The summed E-state index contributed by atoms with van der Waals surface area (Å²) < 4.78 is 25.3. The van der Waals surface area contributed by atoms with Crippen LogP contribution in [0.1, 0.15) is 12.8 Å². The molecule has 0 saturated heterocycles. The van der Waals surface area contributed by atoms with Gasteiger partial charge in [-0.25, -0.2) is 13.1 Å². The zero-order valence-corrected chi connectivity index (χ0v) is 11.0. The highest BCUT2D eigenvalue weighted by Crippen LogP contribution is 1.95. The molecule has 1 unspecified atom stereocenters. The van der Waals surface area contributed by atoms with Crippen LogP contribution < -0.4 is 10.5 Å². The van der Waals surface area contributed by atoms with E-state index >= 15 is 0 Å². The third kappa shape index (κ3) is 9.04. The molecule has 0 saturated carbocycles. The number of carboxylic acids is 1. The summed E-state index contributed by atoms with van der Waals surface area (Å²) >= 11 is 0. The quantitative estimate of drug-likeness (QED) is 0.446. The van der Waals surface area contributed by atoms with Gasteiger partial charge in [-0.15, -0.1) is 0 Å². The number of hydrogen-bond donors (Lipinski definition) is 3. The minimum Gasteiger partial charge on any atom is -0.480 e. The Morgan fingerprint density at radius 1 is 1.47 bits per heavy atom. The number of rotatable bonds is 9. The molecule has 0 fully saturated rings. The number of hydrogen-bond acceptors (Lipinski definition) is 5. The van der Waals surface area contributed by atoms with E-state index in [9.17, 15) is 13.2 Å². The molecule has 0 rings (SSSR count). The number of carbonyl (C=O) groups is 1. The predicted molar refractivity (Wildman–Crippen MR) is 65.2 cm³/mol. The van der Waals surface area contributed by atoms with Crippen molar-refractivity contribution in [2.24, 2.45) is 5.73 Å². The van der Waals surface area contributed by atoms with Crippen LogP contribution in [0.5, 0.6) is 0 Å². The molecule has 8 heteroatoms. The second-order valence-corrected chi connectivity index (χ2v) is 6.03. The summed E-state index contributed by atoms with van der Waals surface area (Å²) in [4.78, 5) is 12.4. The number of carboxylic acid groups (broad SMARTS) is 1. The maximum absolute atomic E-state index is 11.4. The smallest absolute Gasteiger partial charge is 0.320 e. The largest absolute Gasteiger partial charge is 0.480 e. The van der Waals surface area contributed by atoms with Gasteiger partial charge in [-0.05, 0) is 33.5 Å². The molecule has 4 N–H and O–H groups in total. The summed E-state index contributed by atoms with van der Waals surface area (Å²) in [6.45, 7) is 1.14. The standard InChI is InChI=1S/C9H21N3O4S/c1-12(2)6-3-5-11-17(15,16)7-4-8(10)9(13)14/h8,11H,3-7,10H2,1-2H3,(H,13,14). The lowest BCUT2D eigenvalue weighted by molar-refractivity contribution is -0.138. The Labute approximate surface area is 102 Å². The lowest BCUT2D eigenvalue weighted by atomic mass is 10.2. The third-order valence-corrected chi connectivity index (χ3v) is 3.54. The van der Waals surface area contributed by atoms with Crippen LogP contribution in [0.15, 0.2) is 0 Å². The van der Waals surface area contributed by atoms with E-state index in [1.807, 2.05) is 19.0 Å². The average Bonchev–Trinajstić information content (AvgIpc) is 2.21. The monoisotopic (exact) mass is 267 g/mol. The normalized spacial score (nSPS) is 13.9. The SMILES string of the molecule is CN(C)CCCNS(=O)(=O)CCC(N)C(=O)O. The van der Waals surface area contributed by atoms with Gasteiger partial charge in [0.1, 0.15) is 6.04 Å². The zero-order valence-electron chi connectivity index (χ0n) is 10.2. The Hall–Kier alpha value is -0.700. The minimum absolute atomic E-state index is 0.0850. The molecule has 102 valence electrons. The molecule has 0 heterocycles. The second kappa shape index (κ2) is 7.59. The Morgan fingerprint density at radius 2 is 2.06 bits per heavy atom. The van der Waals surface area contributed by atoms with Crippen LogP contribution in [0.3, 0.4) is 0 Å². The van der Waals surface area contributed by atoms with Crippen LogP contribution in [0, 0.1) is 0 Å². The number of sulfonamides is 1. The van der Waals surface area contributed by atoms with E-state index in [1.54, 1.807) is 0 Å². The average molecular weight is 267 g/mol. The van der Waals surface area contributed by atoms with E-state index in [-0.39, 0.29) is 12.2 Å². The number of nitrogens with zero attached hydrogens (tertiary/aromatic N) is 1. The molecular weight excluding hydrogens is 246 g/mol. The number of nitrogens with two attached hydrogens (primary N) is 1. The fraction of sp³-hybridized carbons (Fsp3) is 0.889. The van der Waals surface area contributed by atoms with Crippen molar-refractivity contribution in [3.05, 3.63) is 0 Å². The van der Waals surface area contributed by atoms with Gasteiger partial charge >= 0.3 is 5.97 Å². The van der Waals surface area contributed by atoms with Crippen LogP contribution in [0.4, 0.5) is 0 Å². The molecule has 0 spiro atoms. The third-order valence-electron chi connectivity index (χ3n) is 2.12. The summed E-state index contributed by atoms with van der Waals surface area (Å²) in [6.07, 6.45) is 0.621. The maximum Gasteiger partial charge on any atom is 0.320 e. The van der Waals surface area contributed by atoms with Crippen LogP contribution in [0.2, 0.25) is 0 Å². The van der Waals surface area contributed by atoms with Gasteiger partial charge in [0.2, 0.25) is 10.0 Å². The molecule has 1 atom stereocenters. The van der Waals surface area contributed by atoms with Crippen molar-refractivity contribution in [3.63, 3.8) is 0 Å². The van der Waals surface area contributed by atoms with Crippen molar-refractivity contribution in [1.82, 2.24) is 9.62 Å². The zero-order chi connectivity index (χ0) is 13.5. The molecule has 0 bridgehead atoms. The van der Waals surface area contributed by atoms with E-state index in [2.05, 4.69) is 4.72 Å². The second-order valence-electron chi connectivity index (χ2n) is 4.10. The lowest BCUT2D eigenvalue weighted by Crippen LogP contribution is -2.35. The van der Waals surface area contributed by atoms with E-state index in [0.29, 0.717) is 13.0 Å². The van der Waals surface area contributed by atoms with E-state index in [4.69, 9.17) is 10.8 Å². The summed E-state index contributed by atoms with van der Waals surface area (Å²) in [6, 6.07) is -1.13. The Morgan fingerprint density at radius 3 is 2.53 bits per heavy atom. The van der Waals surface area contributed by atoms with Gasteiger partial charge in [0, 0.05) is 6.54 Å². The van der Waals surface area contributed by atoms with Gasteiger partial charge in [0.25, 0.3) is 0 Å². The highest BCUT2D eigenvalue weighted by Gasteiger charge is 2.16. The number of aliphatic carboxylic acids is 1. The van der Waals surface area contributed by atoms with Gasteiger partial charge < -0.3 is 15.7 Å². The molecule has 0 aromatic rings. The first-order valence-electron chi connectivity index (χ1n) is 5.35. The highest BCUT2D eigenvalue weighted by atomic mass is 32.2. The van der Waals surface area contributed by atoms with Crippen molar-refractivity contribution in [2.75, 3.05) is 32.9 Å². The molecule has 17 heavy (non-hydrogen) atoms. The number of nitrogens with one attached hydrogen (secondary N) is 1. The van der Waals surface area contributed by atoms with Gasteiger partial charge in [-0.3, -0.25) is 4.79 Å². The first-order valence-corrected chi connectivity index (χ1v) is 7.00. The van der Waals surface area contributed by atoms with Crippen LogP contribution >= 0.6 is 0 Å². The predicted octanol–water partition coefficient (Wildman–Crippen LogP) is -1.34. The van der Waals surface area contributed by atoms with E-state index in [1.165, 1.54) is 0 Å². The van der Waals surface area contributed by atoms with Crippen molar-refractivity contribution in [2.45, 2.75) is 18.9 Å². The van der Waals surface area contributed by atoms with Crippen LogP contribution in [-0.4, -0.2) is 63.4 Å². The van der Waals surface area contributed by atoms with Gasteiger partial charge in [-0.2, -0.15) is 0 Å². The minimum atomic E-state index is -3.42. The van der Waals surface area contributed by atoms with Gasteiger partial charge in [-0.1, -0.05) is 0 Å². The fourth-order valence-corrected chi connectivity index (χ4v) is 2.26. The van der Waals surface area contributed by atoms with E-state index in [0.717, 1.165) is 6.54 Å². The molecule has 0 aliphatic rings. The molecule has 0 amide bonds. The summed E-state index contributed by atoms with van der Waals surface area (Å²) in [5.74, 6) is -1.45. The van der Waals surface area contributed by atoms with Crippen LogP contribution in [-0.2, 0) is 14.8 Å². The first-order chi connectivity index (χ1) is 7.74. The Kier molecular flexibility index (Phi) is 7.28. The highest BCUT2D eigenvalue weighted by molar-refractivity contribution is 7.89. The fourth-order valence-electron chi connectivity index (χ4n) is 1.10. The summed E-state index contributed by atoms with van der Waals surface area (Å²) in [5, 5.41) is 8.51. The lowest BCUT2D eigenvalue weighted by Gasteiger charge is -2.11. The van der Waals surface area contributed by atoms with Gasteiger partial charge in [0.05, 0.1) is 5.75 Å². The van der Waals surface area contributed by atoms with Crippen LogP contribution in [0.25, 0.3) is 0 Å². The Bertz CT molecular complexity index is 329. The summed E-state index contributed by atoms with van der Waals surface area (Å²) in [7, 11) is 0.386. The molecular formula is C9H21N3O4S. The van der Waals surface area contributed by atoms with Gasteiger partial charge in [0.15, 0.2) is 0 Å². The summed E-state index contributed by atoms with van der Waals surface area (Å²) in [5.41, 5.74) is 5.22. The molecule has 0 aromatic carbocycles. The maximum atomic E-state index is 11.4. The molecule has 7 nitrogen and oxygen atoms in total. The van der Waals surface area contributed by atoms with Crippen molar-refractivity contribution < 1.29 is 18.3 Å². The molecule has 0 aliphatic carbocycles. The van der Waals surface area contributed by atoms with E-state index < -0.39 is 22.0 Å². The van der Waals surface area contributed by atoms with Crippen molar-refractivity contribution in [3.8, 4) is 0 Å². The Balaban J connectivity index is 3.85. The molecule has 0 aromatic heterocycles. The van der Waals surface area contributed by atoms with Crippen molar-refractivity contribution >= 4 is 16.0 Å². The van der Waals surface area contributed by atoms with Crippen molar-refractivity contribution in [1.29, 1.82) is 0 Å². The topological polar surface area (TPSA) is 113 Å². The first kappa shape index (κ1) is 16.3. The molecule has 0 aliphatic heterocycles.